The van der Waals surface area contributed by atoms with Crippen LogP contribution in [-0.4, -0.2) is 36.2 Å². The highest BCUT2D eigenvalue weighted by molar-refractivity contribution is 4.82. The monoisotopic (exact) mass is 160 g/mol. The molecule has 0 aromatic rings. The van der Waals surface area contributed by atoms with Crippen molar-refractivity contribution in [2.45, 2.75) is 38.5 Å². The molecule has 0 aliphatic carbocycles. The maximum atomic E-state index is 12.9. The van der Waals surface area contributed by atoms with Gasteiger partial charge in [0.05, 0.1) is 0 Å². The Balaban J connectivity index is 2.43. The highest BCUT2D eigenvalue weighted by atomic mass is 19.1. The highest BCUT2D eigenvalue weighted by Gasteiger charge is 2.25. The molecule has 0 radical (unpaired) electrons. The Morgan fingerprint density at radius 3 is 2.55 bits per heavy atom. The van der Waals surface area contributed by atoms with Crippen molar-refractivity contribution in [3.63, 3.8) is 0 Å². The molecule has 0 saturated carbocycles. The first-order valence-corrected chi connectivity index (χ1v) is 4.23. The number of nitrogens with zero attached hydrogens (tertiary/aromatic N) is 1. The van der Waals surface area contributed by atoms with Crippen molar-refractivity contribution >= 4 is 0 Å². The van der Waals surface area contributed by atoms with Gasteiger partial charge in [-0.25, -0.2) is 4.39 Å². The van der Waals surface area contributed by atoms with Crippen molar-refractivity contribution in [3.8, 4) is 0 Å². The first-order chi connectivity index (χ1) is 5.09. The predicted molar refractivity (Wildman–Crippen MR) is 44.2 cm³/mol. The van der Waals surface area contributed by atoms with E-state index in [-0.39, 0.29) is 6.04 Å². The average Bonchev–Trinajstić information content (AvgIpc) is 1.85. The van der Waals surface area contributed by atoms with Crippen molar-refractivity contribution in [3.05, 3.63) is 0 Å². The summed E-state index contributed by atoms with van der Waals surface area (Å²) in [5.41, 5.74) is 5.67. The van der Waals surface area contributed by atoms with Gasteiger partial charge in [-0.2, -0.15) is 0 Å². The van der Waals surface area contributed by atoms with Crippen LogP contribution in [0.1, 0.15) is 20.3 Å². The third-order valence-electron chi connectivity index (χ3n) is 2.19. The maximum Gasteiger partial charge on any atom is 0.114 e. The van der Waals surface area contributed by atoms with Crippen LogP contribution in [-0.2, 0) is 0 Å². The third-order valence-corrected chi connectivity index (χ3v) is 2.19. The second-order valence-electron chi connectivity index (χ2n) is 3.64. The fraction of sp³-hybridized carbons (Fsp3) is 1.00. The minimum absolute atomic E-state index is 0.0288. The van der Waals surface area contributed by atoms with Gasteiger partial charge < -0.3 is 5.73 Å². The highest BCUT2D eigenvalue weighted by Crippen LogP contribution is 2.14. The van der Waals surface area contributed by atoms with E-state index in [1.807, 2.05) is 0 Å². The summed E-state index contributed by atoms with van der Waals surface area (Å²) in [7, 11) is 0. The summed E-state index contributed by atoms with van der Waals surface area (Å²) in [6, 6.07) is 0.445. The lowest BCUT2D eigenvalue weighted by Gasteiger charge is -2.35. The Morgan fingerprint density at radius 2 is 2.09 bits per heavy atom. The van der Waals surface area contributed by atoms with Crippen molar-refractivity contribution < 1.29 is 4.39 Å². The molecule has 0 amide bonds. The van der Waals surface area contributed by atoms with Gasteiger partial charge in [-0.3, -0.25) is 4.90 Å². The van der Waals surface area contributed by atoms with Gasteiger partial charge in [0, 0.05) is 25.2 Å². The molecule has 2 nitrogen and oxygen atoms in total. The van der Waals surface area contributed by atoms with Crippen molar-refractivity contribution in [2.24, 2.45) is 5.73 Å². The summed E-state index contributed by atoms with van der Waals surface area (Å²) >= 11 is 0. The normalized spacial score (nSPS) is 34.6. The van der Waals surface area contributed by atoms with Crippen LogP contribution in [0.25, 0.3) is 0 Å². The SMILES string of the molecule is CC(C)N1CC(N)C[C@@H](F)C1. The summed E-state index contributed by atoms with van der Waals surface area (Å²) in [6.45, 7) is 5.55. The smallest absolute Gasteiger partial charge is 0.114 e. The number of alkyl halides is 1. The van der Waals surface area contributed by atoms with E-state index in [0.29, 0.717) is 19.0 Å². The van der Waals surface area contributed by atoms with Gasteiger partial charge in [-0.1, -0.05) is 0 Å². The van der Waals surface area contributed by atoms with Crippen LogP contribution >= 0.6 is 0 Å². The topological polar surface area (TPSA) is 29.3 Å². The quantitative estimate of drug-likeness (QED) is 0.614. The van der Waals surface area contributed by atoms with Crippen LogP contribution < -0.4 is 5.73 Å². The molecular formula is C8H17FN2. The Kier molecular flexibility index (Phi) is 2.84. The van der Waals surface area contributed by atoms with Gasteiger partial charge in [0.15, 0.2) is 0 Å². The summed E-state index contributed by atoms with van der Waals surface area (Å²) in [5, 5.41) is 0. The van der Waals surface area contributed by atoms with Gasteiger partial charge in [0.1, 0.15) is 6.17 Å². The number of piperidine rings is 1. The van der Waals surface area contributed by atoms with Gasteiger partial charge in [-0.05, 0) is 20.3 Å². The van der Waals surface area contributed by atoms with E-state index in [2.05, 4.69) is 18.7 Å². The number of halogens is 1. The van der Waals surface area contributed by atoms with Gasteiger partial charge in [0.2, 0.25) is 0 Å². The van der Waals surface area contributed by atoms with Crippen molar-refractivity contribution in [2.75, 3.05) is 13.1 Å². The number of likely N-dealkylation sites (tertiary alicyclic amines) is 1. The largest absolute Gasteiger partial charge is 0.326 e. The fourth-order valence-electron chi connectivity index (χ4n) is 1.53. The van der Waals surface area contributed by atoms with Crippen molar-refractivity contribution in [1.82, 2.24) is 4.90 Å². The van der Waals surface area contributed by atoms with E-state index in [1.54, 1.807) is 0 Å². The van der Waals surface area contributed by atoms with E-state index < -0.39 is 6.17 Å². The summed E-state index contributed by atoms with van der Waals surface area (Å²) in [4.78, 5) is 2.10. The zero-order valence-electron chi connectivity index (χ0n) is 7.26. The van der Waals surface area contributed by atoms with E-state index >= 15 is 0 Å². The molecule has 0 aromatic heterocycles. The maximum absolute atomic E-state index is 12.9. The Morgan fingerprint density at radius 1 is 1.45 bits per heavy atom. The molecule has 1 heterocycles. The lowest BCUT2D eigenvalue weighted by atomic mass is 10.0. The van der Waals surface area contributed by atoms with Crippen LogP contribution in [0.5, 0.6) is 0 Å². The Hall–Kier alpha value is -0.150. The molecule has 66 valence electrons. The van der Waals surface area contributed by atoms with Gasteiger partial charge in [-0.15, -0.1) is 0 Å². The molecule has 3 heteroatoms. The minimum atomic E-state index is -0.721. The number of hydrogen-bond acceptors (Lipinski definition) is 2. The van der Waals surface area contributed by atoms with Crippen molar-refractivity contribution in [1.29, 1.82) is 0 Å². The summed E-state index contributed by atoms with van der Waals surface area (Å²) in [5.74, 6) is 0. The molecular weight excluding hydrogens is 143 g/mol. The van der Waals surface area contributed by atoms with Crippen LogP contribution in [0.15, 0.2) is 0 Å². The first-order valence-electron chi connectivity index (χ1n) is 4.23. The molecule has 0 bridgehead atoms. The number of nitrogens with two attached hydrogens (primary N) is 1. The fourth-order valence-corrected chi connectivity index (χ4v) is 1.53. The van der Waals surface area contributed by atoms with Gasteiger partial charge in [0.25, 0.3) is 0 Å². The molecule has 1 aliphatic heterocycles. The molecule has 1 saturated heterocycles. The molecule has 1 aliphatic rings. The number of hydrogen-bond donors (Lipinski definition) is 1. The van der Waals surface area contributed by atoms with E-state index in [1.165, 1.54) is 0 Å². The zero-order chi connectivity index (χ0) is 8.43. The lowest BCUT2D eigenvalue weighted by Crippen LogP contribution is -2.50. The molecule has 1 rings (SSSR count). The second-order valence-corrected chi connectivity index (χ2v) is 3.64. The van der Waals surface area contributed by atoms with Crippen LogP contribution in [0.4, 0.5) is 4.39 Å². The molecule has 1 fully saturated rings. The molecule has 1 unspecified atom stereocenters. The molecule has 0 spiro atoms. The average molecular weight is 160 g/mol. The first kappa shape index (κ1) is 8.94. The third kappa shape index (κ3) is 2.42. The van der Waals surface area contributed by atoms with Crippen LogP contribution in [0.3, 0.4) is 0 Å². The summed E-state index contributed by atoms with van der Waals surface area (Å²) < 4.78 is 12.9. The van der Waals surface area contributed by atoms with Gasteiger partial charge >= 0.3 is 0 Å². The molecule has 0 aromatic carbocycles. The van der Waals surface area contributed by atoms with E-state index in [9.17, 15) is 4.39 Å². The Labute approximate surface area is 67.6 Å². The Bertz CT molecular complexity index is 117. The van der Waals surface area contributed by atoms with E-state index in [4.69, 9.17) is 5.73 Å². The summed E-state index contributed by atoms with van der Waals surface area (Å²) in [6.07, 6.45) is -0.190. The van der Waals surface area contributed by atoms with Crippen LogP contribution in [0, 0.1) is 0 Å². The molecule has 2 atom stereocenters. The minimum Gasteiger partial charge on any atom is -0.326 e. The predicted octanol–water partition coefficient (Wildman–Crippen LogP) is 0.766. The van der Waals surface area contributed by atoms with E-state index in [0.717, 1.165) is 6.54 Å². The standard InChI is InChI=1S/C8H17FN2/c1-6(2)11-4-7(9)3-8(10)5-11/h6-8H,3-5,10H2,1-2H3/t7-,8?/m1/s1. The zero-order valence-corrected chi connectivity index (χ0v) is 7.26. The number of rotatable bonds is 1. The second kappa shape index (κ2) is 3.50. The van der Waals surface area contributed by atoms with Crippen LogP contribution in [0.2, 0.25) is 0 Å². The molecule has 2 N–H and O–H groups in total. The molecule has 11 heavy (non-hydrogen) atoms. The lowest BCUT2D eigenvalue weighted by molar-refractivity contribution is 0.0987.